The van der Waals surface area contributed by atoms with Crippen molar-refractivity contribution in [3.8, 4) is 0 Å². The summed E-state index contributed by atoms with van der Waals surface area (Å²) in [6.45, 7) is 1.55. The second-order valence-electron chi connectivity index (χ2n) is 1.44. The Bertz CT molecular complexity index is 35.4. The molecule has 0 aliphatic rings. The molecule has 49 valence electrons. The highest BCUT2D eigenvalue weighted by Crippen LogP contribution is 1.77. The Labute approximate surface area is 49.4 Å². The molecule has 0 bridgehead atoms. The fourth-order valence-electron chi connectivity index (χ4n) is 0.341. The van der Waals surface area contributed by atoms with E-state index in [1.807, 2.05) is 0 Å². The van der Waals surface area contributed by atoms with Crippen LogP contribution in [0, 0.1) is 0 Å². The zero-order valence-corrected chi connectivity index (χ0v) is 4.89. The van der Waals surface area contributed by atoms with Gasteiger partial charge >= 0.3 is 0 Å². The normalized spacial score (nSPS) is 9.75. The van der Waals surface area contributed by atoms with E-state index in [2.05, 4.69) is 0 Å². The number of hydrogen-bond acceptors (Lipinski definition) is 2. The lowest BCUT2D eigenvalue weighted by Gasteiger charge is -1.97. The molecule has 0 rings (SSSR count). The maximum atomic E-state index is 8.24. The van der Waals surface area contributed by atoms with Gasteiger partial charge in [0, 0.05) is 19.8 Å². The molecule has 0 unspecified atom stereocenters. The summed E-state index contributed by atoms with van der Waals surface area (Å²) in [7, 11) is 0. The van der Waals surface area contributed by atoms with Gasteiger partial charge in [-0.05, 0) is 6.42 Å². The SMILES string of the molecule is [NH]CCOCCCO. The van der Waals surface area contributed by atoms with Crippen LogP contribution in [0.5, 0.6) is 0 Å². The lowest BCUT2D eigenvalue weighted by Crippen LogP contribution is -2.02. The molecule has 0 aliphatic carbocycles. The van der Waals surface area contributed by atoms with Gasteiger partial charge in [0.1, 0.15) is 0 Å². The van der Waals surface area contributed by atoms with Crippen molar-refractivity contribution < 1.29 is 9.84 Å². The van der Waals surface area contributed by atoms with E-state index in [0.29, 0.717) is 26.2 Å². The third kappa shape index (κ3) is 5.88. The van der Waals surface area contributed by atoms with Crippen LogP contribution in [0.1, 0.15) is 6.42 Å². The first-order valence-electron chi connectivity index (χ1n) is 2.75. The fraction of sp³-hybridized carbons (Fsp3) is 1.00. The largest absolute Gasteiger partial charge is 0.396 e. The zero-order chi connectivity index (χ0) is 6.24. The Kier molecular flexibility index (Phi) is 6.78. The van der Waals surface area contributed by atoms with E-state index in [1.54, 1.807) is 0 Å². The van der Waals surface area contributed by atoms with Gasteiger partial charge in [-0.25, -0.2) is 0 Å². The molecule has 0 amide bonds. The van der Waals surface area contributed by atoms with Crippen LogP contribution in [0.2, 0.25) is 0 Å². The molecule has 0 fully saturated rings. The van der Waals surface area contributed by atoms with E-state index in [1.165, 1.54) is 0 Å². The Balaban J connectivity index is 2.53. The Hall–Kier alpha value is -0.120. The van der Waals surface area contributed by atoms with Crippen molar-refractivity contribution in [2.75, 3.05) is 26.4 Å². The summed E-state index contributed by atoms with van der Waals surface area (Å²) >= 11 is 0. The number of hydrogen-bond donors (Lipinski definition) is 1. The molecule has 0 heterocycles. The van der Waals surface area contributed by atoms with Gasteiger partial charge in [0.15, 0.2) is 0 Å². The predicted molar refractivity (Wildman–Crippen MR) is 30.5 cm³/mol. The van der Waals surface area contributed by atoms with Crippen LogP contribution in [0.3, 0.4) is 0 Å². The summed E-state index contributed by atoms with van der Waals surface area (Å²) in [5.41, 5.74) is 6.65. The Morgan fingerprint density at radius 1 is 1.38 bits per heavy atom. The average molecular weight is 118 g/mol. The van der Waals surface area contributed by atoms with Crippen molar-refractivity contribution in [3.63, 3.8) is 0 Å². The van der Waals surface area contributed by atoms with Gasteiger partial charge in [0.2, 0.25) is 0 Å². The van der Waals surface area contributed by atoms with E-state index < -0.39 is 0 Å². The van der Waals surface area contributed by atoms with Crippen LogP contribution < -0.4 is 5.73 Å². The first kappa shape index (κ1) is 7.88. The molecular weight excluding hydrogens is 106 g/mol. The van der Waals surface area contributed by atoms with E-state index in [0.717, 1.165) is 0 Å². The standard InChI is InChI=1S/C5H12NO2/c6-2-5-8-4-1-3-7/h6-7H,1-5H2. The van der Waals surface area contributed by atoms with Crippen molar-refractivity contribution in [3.05, 3.63) is 0 Å². The van der Waals surface area contributed by atoms with Crippen molar-refractivity contribution in [2.24, 2.45) is 0 Å². The molecule has 0 aliphatic heterocycles. The minimum atomic E-state index is 0.179. The molecule has 0 saturated heterocycles. The minimum Gasteiger partial charge on any atom is -0.396 e. The fourth-order valence-corrected chi connectivity index (χ4v) is 0.341. The van der Waals surface area contributed by atoms with E-state index >= 15 is 0 Å². The second kappa shape index (κ2) is 6.88. The first-order valence-corrected chi connectivity index (χ1v) is 2.75. The topological polar surface area (TPSA) is 53.3 Å². The zero-order valence-electron chi connectivity index (χ0n) is 4.89. The van der Waals surface area contributed by atoms with Crippen LogP contribution in [-0.4, -0.2) is 31.5 Å². The highest BCUT2D eigenvalue weighted by atomic mass is 16.5. The molecular formula is C5H12NO2. The molecule has 0 aromatic rings. The molecule has 0 spiro atoms. The number of aliphatic hydroxyl groups excluding tert-OH is 1. The molecule has 3 nitrogen and oxygen atoms in total. The van der Waals surface area contributed by atoms with Gasteiger partial charge in [-0.3, -0.25) is 5.73 Å². The van der Waals surface area contributed by atoms with Crippen molar-refractivity contribution in [1.29, 1.82) is 0 Å². The van der Waals surface area contributed by atoms with Gasteiger partial charge in [-0.15, -0.1) is 0 Å². The van der Waals surface area contributed by atoms with Crippen LogP contribution in [-0.2, 0) is 4.74 Å². The van der Waals surface area contributed by atoms with E-state index in [9.17, 15) is 0 Å². The van der Waals surface area contributed by atoms with Gasteiger partial charge in [0.25, 0.3) is 0 Å². The molecule has 3 heteroatoms. The summed E-state index contributed by atoms with van der Waals surface area (Å²) in [5, 5.41) is 8.24. The van der Waals surface area contributed by atoms with Gasteiger partial charge < -0.3 is 9.84 Å². The van der Waals surface area contributed by atoms with Gasteiger partial charge in [-0.1, -0.05) is 0 Å². The van der Waals surface area contributed by atoms with Crippen LogP contribution >= 0.6 is 0 Å². The maximum absolute atomic E-state index is 8.24. The number of ether oxygens (including phenoxy) is 1. The van der Waals surface area contributed by atoms with Gasteiger partial charge in [-0.2, -0.15) is 0 Å². The van der Waals surface area contributed by atoms with Crippen molar-refractivity contribution in [1.82, 2.24) is 5.73 Å². The van der Waals surface area contributed by atoms with Crippen molar-refractivity contribution >= 4 is 0 Å². The minimum absolute atomic E-state index is 0.179. The molecule has 0 saturated carbocycles. The molecule has 0 atom stereocenters. The van der Waals surface area contributed by atoms with Gasteiger partial charge in [0.05, 0.1) is 6.61 Å². The highest BCUT2D eigenvalue weighted by molar-refractivity contribution is 4.32. The molecule has 1 radical (unpaired) electrons. The molecule has 2 N–H and O–H groups in total. The van der Waals surface area contributed by atoms with Crippen molar-refractivity contribution in [2.45, 2.75) is 6.42 Å². The summed E-state index contributed by atoms with van der Waals surface area (Å²) in [6.07, 6.45) is 0.681. The number of rotatable bonds is 5. The van der Waals surface area contributed by atoms with E-state index in [4.69, 9.17) is 15.6 Å². The lowest BCUT2D eigenvalue weighted by atomic mass is 10.5. The Morgan fingerprint density at radius 3 is 2.62 bits per heavy atom. The van der Waals surface area contributed by atoms with E-state index in [-0.39, 0.29) is 6.61 Å². The van der Waals surface area contributed by atoms with Crippen LogP contribution in [0.15, 0.2) is 0 Å². The summed E-state index contributed by atoms with van der Waals surface area (Å²) in [4.78, 5) is 0. The maximum Gasteiger partial charge on any atom is 0.0604 e. The summed E-state index contributed by atoms with van der Waals surface area (Å²) < 4.78 is 4.88. The molecule has 8 heavy (non-hydrogen) atoms. The third-order valence-electron chi connectivity index (χ3n) is 0.693. The van der Waals surface area contributed by atoms with Crippen LogP contribution in [0.25, 0.3) is 0 Å². The first-order chi connectivity index (χ1) is 3.91. The summed E-state index contributed by atoms with van der Waals surface area (Å²) in [5.74, 6) is 0. The summed E-state index contributed by atoms with van der Waals surface area (Å²) in [6, 6.07) is 0. The smallest absolute Gasteiger partial charge is 0.0604 e. The third-order valence-corrected chi connectivity index (χ3v) is 0.693. The highest BCUT2D eigenvalue weighted by Gasteiger charge is 1.82. The van der Waals surface area contributed by atoms with Crippen LogP contribution in [0.4, 0.5) is 0 Å². The average Bonchev–Trinajstić information content (AvgIpc) is 1.81. The molecule has 0 aromatic heterocycles. The monoisotopic (exact) mass is 118 g/mol. The quantitative estimate of drug-likeness (QED) is 0.502. The molecule has 0 aromatic carbocycles. The lowest BCUT2D eigenvalue weighted by molar-refractivity contribution is 0.121. The predicted octanol–water partition coefficient (Wildman–Crippen LogP) is -0.332. The number of aliphatic hydroxyl groups is 1. The second-order valence-corrected chi connectivity index (χ2v) is 1.44. The Morgan fingerprint density at radius 2 is 2.12 bits per heavy atom. The number of nitrogens with one attached hydrogen (secondary N) is 1.